The molecule has 0 saturated heterocycles. The minimum atomic E-state index is -0.196. The van der Waals surface area contributed by atoms with Crippen LogP contribution in [0.3, 0.4) is 0 Å². The van der Waals surface area contributed by atoms with E-state index in [2.05, 4.69) is 10.3 Å². The van der Waals surface area contributed by atoms with Crippen LogP contribution in [0.1, 0.15) is 15.9 Å². The summed E-state index contributed by atoms with van der Waals surface area (Å²) in [7, 11) is 0. The highest BCUT2D eigenvalue weighted by Crippen LogP contribution is 2.35. The van der Waals surface area contributed by atoms with Crippen molar-refractivity contribution in [2.45, 2.75) is 6.92 Å². The number of halogens is 1. The van der Waals surface area contributed by atoms with Crippen LogP contribution in [0.2, 0.25) is 0 Å². The maximum atomic E-state index is 12.1. The molecular formula is C15H15ClN2O3. The van der Waals surface area contributed by atoms with E-state index in [1.165, 1.54) is 6.20 Å². The number of amides is 1. The molecule has 0 atom stereocenters. The second kappa shape index (κ2) is 6.45. The second-order valence-corrected chi connectivity index (χ2v) is 4.51. The zero-order valence-electron chi connectivity index (χ0n) is 11.5. The smallest absolute Gasteiger partial charge is 0.257 e. The number of rotatable bonds is 2. The fourth-order valence-corrected chi connectivity index (χ4v) is 2.02. The minimum Gasteiger partial charge on any atom is -0.486 e. The van der Waals surface area contributed by atoms with E-state index in [9.17, 15) is 4.79 Å². The first-order chi connectivity index (χ1) is 9.74. The highest BCUT2D eigenvalue weighted by Gasteiger charge is 2.15. The molecule has 0 spiro atoms. The third kappa shape index (κ3) is 3.25. The zero-order valence-corrected chi connectivity index (χ0v) is 12.3. The van der Waals surface area contributed by atoms with E-state index < -0.39 is 0 Å². The maximum Gasteiger partial charge on any atom is 0.257 e. The number of benzene rings is 1. The van der Waals surface area contributed by atoms with E-state index in [0.29, 0.717) is 36.0 Å². The lowest BCUT2D eigenvalue weighted by atomic mass is 10.1. The molecule has 0 bridgehead atoms. The van der Waals surface area contributed by atoms with Crippen LogP contribution < -0.4 is 14.8 Å². The molecule has 0 fully saturated rings. The first kappa shape index (κ1) is 15.1. The van der Waals surface area contributed by atoms with Crippen molar-refractivity contribution in [3.63, 3.8) is 0 Å². The number of hydrogen-bond acceptors (Lipinski definition) is 4. The third-order valence-electron chi connectivity index (χ3n) is 3.06. The third-order valence-corrected chi connectivity index (χ3v) is 3.06. The van der Waals surface area contributed by atoms with Gasteiger partial charge < -0.3 is 14.8 Å². The molecule has 1 aromatic heterocycles. The number of nitrogens with one attached hydrogen (secondary N) is 1. The maximum absolute atomic E-state index is 12.1. The zero-order chi connectivity index (χ0) is 13.9. The van der Waals surface area contributed by atoms with E-state index in [0.717, 1.165) is 5.56 Å². The van der Waals surface area contributed by atoms with Crippen molar-refractivity contribution in [3.8, 4) is 11.5 Å². The van der Waals surface area contributed by atoms with Gasteiger partial charge in [0.05, 0.1) is 5.56 Å². The number of aromatic nitrogens is 1. The molecule has 1 amide bonds. The molecular weight excluding hydrogens is 292 g/mol. The Hall–Kier alpha value is -2.27. The van der Waals surface area contributed by atoms with Crippen LogP contribution in [0.15, 0.2) is 36.7 Å². The topological polar surface area (TPSA) is 60.5 Å². The van der Waals surface area contributed by atoms with E-state index in [-0.39, 0.29) is 18.3 Å². The number of pyridine rings is 1. The summed E-state index contributed by atoms with van der Waals surface area (Å²) in [6.45, 7) is 2.98. The molecule has 21 heavy (non-hydrogen) atoms. The van der Waals surface area contributed by atoms with Crippen LogP contribution in [0.25, 0.3) is 0 Å². The Morgan fingerprint density at radius 2 is 1.95 bits per heavy atom. The van der Waals surface area contributed by atoms with Gasteiger partial charge in [-0.3, -0.25) is 9.78 Å². The molecule has 2 aromatic rings. The molecule has 110 valence electrons. The van der Waals surface area contributed by atoms with Gasteiger partial charge in [0, 0.05) is 24.1 Å². The molecule has 2 heterocycles. The Labute approximate surface area is 128 Å². The largest absolute Gasteiger partial charge is 0.486 e. The summed E-state index contributed by atoms with van der Waals surface area (Å²) >= 11 is 0. The van der Waals surface area contributed by atoms with Gasteiger partial charge in [-0.15, -0.1) is 12.4 Å². The normalized spacial score (nSPS) is 12.2. The molecule has 3 rings (SSSR count). The van der Waals surface area contributed by atoms with Gasteiger partial charge in [-0.1, -0.05) is 0 Å². The monoisotopic (exact) mass is 306 g/mol. The molecule has 1 aliphatic rings. The first-order valence-corrected chi connectivity index (χ1v) is 6.35. The summed E-state index contributed by atoms with van der Waals surface area (Å²) in [5.41, 5.74) is 2.15. The lowest BCUT2D eigenvalue weighted by Gasteiger charge is -2.20. The van der Waals surface area contributed by atoms with Crippen LogP contribution >= 0.6 is 12.4 Å². The van der Waals surface area contributed by atoms with Gasteiger partial charge in [0.15, 0.2) is 11.5 Å². The van der Waals surface area contributed by atoms with E-state index in [1.54, 1.807) is 24.4 Å². The molecule has 0 aliphatic carbocycles. The van der Waals surface area contributed by atoms with Crippen molar-refractivity contribution in [1.82, 2.24) is 4.98 Å². The fraction of sp³-hybridized carbons (Fsp3) is 0.200. The molecule has 5 nitrogen and oxygen atoms in total. The number of fused-ring (bicyclic) bond motifs is 1. The highest BCUT2D eigenvalue weighted by atomic mass is 35.5. The summed E-state index contributed by atoms with van der Waals surface area (Å²) in [5.74, 6) is 1.18. The lowest BCUT2D eigenvalue weighted by molar-refractivity contribution is 0.102. The Bertz CT molecular complexity index is 647. The summed E-state index contributed by atoms with van der Waals surface area (Å²) < 4.78 is 11.0. The Balaban J connectivity index is 0.00000161. The second-order valence-electron chi connectivity index (χ2n) is 4.51. The molecule has 0 radical (unpaired) electrons. The van der Waals surface area contributed by atoms with Crippen molar-refractivity contribution in [3.05, 3.63) is 47.8 Å². The van der Waals surface area contributed by atoms with Crippen LogP contribution in [-0.4, -0.2) is 24.1 Å². The van der Waals surface area contributed by atoms with Crippen LogP contribution in [-0.2, 0) is 0 Å². The number of ether oxygens (including phenoxy) is 2. The summed E-state index contributed by atoms with van der Waals surface area (Å²) in [6, 6.07) is 7.10. The summed E-state index contributed by atoms with van der Waals surface area (Å²) in [4.78, 5) is 16.0. The molecule has 6 heteroatoms. The van der Waals surface area contributed by atoms with E-state index in [1.807, 2.05) is 13.0 Å². The molecule has 1 aromatic carbocycles. The molecule has 0 saturated carbocycles. The highest BCUT2D eigenvalue weighted by molar-refractivity contribution is 6.04. The average molecular weight is 307 g/mol. The minimum absolute atomic E-state index is 0. The van der Waals surface area contributed by atoms with Gasteiger partial charge >= 0.3 is 0 Å². The van der Waals surface area contributed by atoms with Crippen LogP contribution in [0.5, 0.6) is 11.5 Å². The van der Waals surface area contributed by atoms with E-state index in [4.69, 9.17) is 9.47 Å². The number of nitrogens with zero attached hydrogens (tertiary/aromatic N) is 1. The van der Waals surface area contributed by atoms with Gasteiger partial charge in [0.1, 0.15) is 13.2 Å². The Kier molecular flexibility index (Phi) is 4.65. The predicted octanol–water partition coefficient (Wildman–Crippen LogP) is 2.84. The number of anilines is 1. The van der Waals surface area contributed by atoms with Gasteiger partial charge in [0.25, 0.3) is 5.91 Å². The number of carbonyl (C=O) groups is 1. The average Bonchev–Trinajstić information content (AvgIpc) is 2.49. The SMILES string of the molecule is Cc1cc2c(cc1NC(=O)c1cccnc1)OCCO2.Cl. The van der Waals surface area contributed by atoms with Crippen molar-refractivity contribution in [2.24, 2.45) is 0 Å². The quantitative estimate of drug-likeness (QED) is 0.927. The van der Waals surface area contributed by atoms with Gasteiger partial charge in [-0.2, -0.15) is 0 Å². The van der Waals surface area contributed by atoms with Gasteiger partial charge in [0.2, 0.25) is 0 Å². The van der Waals surface area contributed by atoms with E-state index >= 15 is 0 Å². The van der Waals surface area contributed by atoms with Crippen molar-refractivity contribution < 1.29 is 14.3 Å². The number of aryl methyl sites for hydroxylation is 1. The Morgan fingerprint density at radius 3 is 2.62 bits per heavy atom. The standard InChI is InChI=1S/C15H14N2O3.ClH/c1-10-7-13-14(20-6-5-19-13)8-12(10)17-15(18)11-3-2-4-16-9-11;/h2-4,7-9H,5-6H2,1H3,(H,17,18);1H. The Morgan fingerprint density at radius 1 is 1.24 bits per heavy atom. The number of carbonyl (C=O) groups excluding carboxylic acids is 1. The number of hydrogen-bond donors (Lipinski definition) is 1. The van der Waals surface area contributed by atoms with Gasteiger partial charge in [-0.25, -0.2) is 0 Å². The van der Waals surface area contributed by atoms with Gasteiger partial charge in [-0.05, 0) is 30.7 Å². The fourth-order valence-electron chi connectivity index (χ4n) is 2.02. The predicted molar refractivity (Wildman–Crippen MR) is 81.6 cm³/mol. The molecule has 1 N–H and O–H groups in total. The molecule has 1 aliphatic heterocycles. The molecule has 0 unspecified atom stereocenters. The summed E-state index contributed by atoms with van der Waals surface area (Å²) in [6.07, 6.45) is 3.16. The van der Waals surface area contributed by atoms with Crippen molar-refractivity contribution in [1.29, 1.82) is 0 Å². The lowest BCUT2D eigenvalue weighted by Crippen LogP contribution is -2.17. The first-order valence-electron chi connectivity index (χ1n) is 6.35. The van der Waals surface area contributed by atoms with Crippen LogP contribution in [0, 0.1) is 6.92 Å². The summed E-state index contributed by atoms with van der Waals surface area (Å²) in [5, 5.41) is 2.86. The van der Waals surface area contributed by atoms with Crippen LogP contribution in [0.4, 0.5) is 5.69 Å². The van der Waals surface area contributed by atoms with Crippen molar-refractivity contribution in [2.75, 3.05) is 18.5 Å². The van der Waals surface area contributed by atoms with Crippen molar-refractivity contribution >= 4 is 24.0 Å².